The van der Waals surface area contributed by atoms with E-state index in [9.17, 15) is 12.8 Å². The van der Waals surface area contributed by atoms with Crippen LogP contribution < -0.4 is 4.72 Å². The molecule has 0 unspecified atom stereocenters. The zero-order valence-electron chi connectivity index (χ0n) is 11.0. The third-order valence-corrected chi connectivity index (χ3v) is 5.15. The molecule has 0 aliphatic heterocycles. The van der Waals surface area contributed by atoms with Gasteiger partial charge in [-0.2, -0.15) is 11.8 Å². The van der Waals surface area contributed by atoms with E-state index < -0.39 is 15.8 Å². The van der Waals surface area contributed by atoms with Crippen LogP contribution in [0.5, 0.6) is 0 Å². The van der Waals surface area contributed by atoms with Crippen molar-refractivity contribution in [3.63, 3.8) is 0 Å². The van der Waals surface area contributed by atoms with Crippen LogP contribution in [0.15, 0.2) is 23.1 Å². The van der Waals surface area contributed by atoms with Gasteiger partial charge in [-0.25, -0.2) is 17.5 Å². The van der Waals surface area contributed by atoms with Crippen LogP contribution in [0.3, 0.4) is 0 Å². The highest BCUT2D eigenvalue weighted by molar-refractivity contribution is 8.00. The Morgan fingerprint density at radius 3 is 2.53 bits per heavy atom. The second-order valence-electron chi connectivity index (χ2n) is 4.93. The van der Waals surface area contributed by atoms with Gasteiger partial charge in [0.15, 0.2) is 0 Å². The molecule has 0 aromatic heterocycles. The van der Waals surface area contributed by atoms with Crippen LogP contribution in [0.2, 0.25) is 5.02 Å². The van der Waals surface area contributed by atoms with Gasteiger partial charge in [0.1, 0.15) is 5.82 Å². The second-order valence-corrected chi connectivity index (χ2v) is 9.03. The lowest BCUT2D eigenvalue weighted by atomic mass is 10.3. The molecule has 0 bridgehead atoms. The minimum absolute atomic E-state index is 0.0281. The van der Waals surface area contributed by atoms with Crippen molar-refractivity contribution in [1.29, 1.82) is 0 Å². The molecule has 0 heterocycles. The Bertz CT molecular complexity index is 541. The highest BCUT2D eigenvalue weighted by Crippen LogP contribution is 2.23. The molecule has 108 valence electrons. The molecule has 7 heteroatoms. The molecule has 0 radical (unpaired) electrons. The van der Waals surface area contributed by atoms with Gasteiger partial charge < -0.3 is 0 Å². The first-order valence-electron chi connectivity index (χ1n) is 5.70. The summed E-state index contributed by atoms with van der Waals surface area (Å²) in [7, 11) is -3.63. The molecule has 19 heavy (non-hydrogen) atoms. The average molecular weight is 326 g/mol. The van der Waals surface area contributed by atoms with E-state index in [1.165, 1.54) is 6.07 Å². The summed E-state index contributed by atoms with van der Waals surface area (Å²) in [6.07, 6.45) is 0. The van der Waals surface area contributed by atoms with E-state index in [-0.39, 0.29) is 14.7 Å². The molecule has 0 aliphatic carbocycles. The number of benzene rings is 1. The van der Waals surface area contributed by atoms with Crippen molar-refractivity contribution >= 4 is 33.4 Å². The molecule has 0 saturated heterocycles. The van der Waals surface area contributed by atoms with Gasteiger partial charge in [-0.05, 0) is 18.2 Å². The molecule has 0 spiro atoms. The van der Waals surface area contributed by atoms with E-state index in [0.29, 0.717) is 12.3 Å². The fourth-order valence-corrected chi connectivity index (χ4v) is 3.51. The maximum Gasteiger partial charge on any atom is 0.240 e. The lowest BCUT2D eigenvalue weighted by molar-refractivity contribution is 0.583. The summed E-state index contributed by atoms with van der Waals surface area (Å²) < 4.78 is 39.4. The number of hydrogen-bond acceptors (Lipinski definition) is 3. The number of thioether (sulfide) groups is 1. The normalized spacial score (nSPS) is 12.7. The van der Waals surface area contributed by atoms with Crippen LogP contribution in [-0.4, -0.2) is 25.5 Å². The fourth-order valence-electron chi connectivity index (χ4n) is 1.26. The van der Waals surface area contributed by atoms with E-state index in [0.717, 1.165) is 12.1 Å². The van der Waals surface area contributed by atoms with Crippen LogP contribution >= 0.6 is 23.4 Å². The standard InChI is InChI=1S/C12H17ClFNO2S2/c1-12(2,3)18-7-6-15-19(16,17)9-4-5-11(14)10(13)8-9/h4-5,8,15H,6-7H2,1-3H3. The summed E-state index contributed by atoms with van der Waals surface area (Å²) in [5.74, 6) is 0.0291. The number of rotatable bonds is 5. The maximum absolute atomic E-state index is 13.0. The quantitative estimate of drug-likeness (QED) is 0.845. The average Bonchev–Trinajstić information content (AvgIpc) is 2.27. The van der Waals surface area contributed by atoms with Crippen molar-refractivity contribution in [3.8, 4) is 0 Å². The van der Waals surface area contributed by atoms with Gasteiger partial charge >= 0.3 is 0 Å². The molecule has 1 rings (SSSR count). The summed E-state index contributed by atoms with van der Waals surface area (Å²) in [5.41, 5.74) is 0. The largest absolute Gasteiger partial charge is 0.240 e. The van der Waals surface area contributed by atoms with Crippen molar-refractivity contribution in [1.82, 2.24) is 4.72 Å². The predicted octanol–water partition coefficient (Wildman–Crippen LogP) is 3.29. The van der Waals surface area contributed by atoms with Gasteiger partial charge in [0, 0.05) is 17.0 Å². The lowest BCUT2D eigenvalue weighted by Crippen LogP contribution is -2.27. The zero-order valence-corrected chi connectivity index (χ0v) is 13.4. The Balaban J connectivity index is 2.63. The van der Waals surface area contributed by atoms with E-state index in [1.54, 1.807) is 11.8 Å². The summed E-state index contributed by atoms with van der Waals surface area (Å²) in [4.78, 5) is -0.0281. The monoisotopic (exact) mass is 325 g/mol. The molecule has 1 aromatic carbocycles. The van der Waals surface area contributed by atoms with Gasteiger partial charge in [-0.1, -0.05) is 32.4 Å². The highest BCUT2D eigenvalue weighted by atomic mass is 35.5. The number of sulfonamides is 1. The van der Waals surface area contributed by atoms with Crippen molar-refractivity contribution in [2.45, 2.75) is 30.4 Å². The highest BCUT2D eigenvalue weighted by Gasteiger charge is 2.16. The number of halogens is 2. The first-order chi connectivity index (χ1) is 8.62. The molecule has 0 saturated carbocycles. The molecule has 0 aliphatic rings. The minimum atomic E-state index is -3.63. The smallest absolute Gasteiger partial charge is 0.210 e. The first-order valence-corrected chi connectivity index (χ1v) is 8.55. The zero-order chi connectivity index (χ0) is 14.7. The van der Waals surface area contributed by atoms with Crippen LogP contribution in [0.25, 0.3) is 0 Å². The van der Waals surface area contributed by atoms with Crippen molar-refractivity contribution < 1.29 is 12.8 Å². The van der Waals surface area contributed by atoms with Gasteiger partial charge in [0.25, 0.3) is 0 Å². The van der Waals surface area contributed by atoms with Gasteiger partial charge in [-0.15, -0.1) is 0 Å². The minimum Gasteiger partial charge on any atom is -0.210 e. The molecule has 3 nitrogen and oxygen atoms in total. The maximum atomic E-state index is 13.0. The summed E-state index contributed by atoms with van der Waals surface area (Å²) in [6.45, 7) is 6.50. The van der Waals surface area contributed by atoms with Gasteiger partial charge in [0.05, 0.1) is 9.92 Å². The van der Waals surface area contributed by atoms with Crippen LogP contribution in [0, 0.1) is 5.82 Å². The summed E-state index contributed by atoms with van der Waals surface area (Å²) in [6, 6.07) is 3.34. The summed E-state index contributed by atoms with van der Waals surface area (Å²) in [5, 5.41) is -0.202. The first kappa shape index (κ1) is 16.8. The Kier molecular flexibility index (Phi) is 5.67. The van der Waals surface area contributed by atoms with E-state index in [2.05, 4.69) is 25.5 Å². The van der Waals surface area contributed by atoms with Crippen molar-refractivity contribution in [3.05, 3.63) is 29.0 Å². The van der Waals surface area contributed by atoms with E-state index in [4.69, 9.17) is 11.6 Å². The van der Waals surface area contributed by atoms with Crippen LogP contribution in [0.1, 0.15) is 20.8 Å². The lowest BCUT2D eigenvalue weighted by Gasteiger charge is -2.17. The van der Waals surface area contributed by atoms with E-state index >= 15 is 0 Å². The number of nitrogens with one attached hydrogen (secondary N) is 1. The van der Waals surface area contributed by atoms with Crippen molar-refractivity contribution in [2.75, 3.05) is 12.3 Å². The molecule has 1 N–H and O–H groups in total. The second kappa shape index (κ2) is 6.43. The Morgan fingerprint density at radius 1 is 1.37 bits per heavy atom. The Hall–Kier alpha value is -0.300. The third kappa shape index (κ3) is 5.69. The van der Waals surface area contributed by atoms with Crippen LogP contribution in [-0.2, 0) is 10.0 Å². The van der Waals surface area contributed by atoms with E-state index in [1.807, 2.05) is 0 Å². The fraction of sp³-hybridized carbons (Fsp3) is 0.500. The molecule has 1 aromatic rings. The Morgan fingerprint density at radius 2 is 2.00 bits per heavy atom. The van der Waals surface area contributed by atoms with Gasteiger partial charge in [0.2, 0.25) is 10.0 Å². The topological polar surface area (TPSA) is 46.2 Å². The molecule has 0 fully saturated rings. The Labute approximate surface area is 123 Å². The molecule has 0 atom stereocenters. The molecular weight excluding hydrogens is 309 g/mol. The predicted molar refractivity (Wildman–Crippen MR) is 78.8 cm³/mol. The summed E-state index contributed by atoms with van der Waals surface area (Å²) >= 11 is 7.23. The third-order valence-electron chi connectivity index (χ3n) is 2.13. The number of hydrogen-bond donors (Lipinski definition) is 1. The molecule has 0 amide bonds. The van der Waals surface area contributed by atoms with Crippen LogP contribution in [0.4, 0.5) is 4.39 Å². The van der Waals surface area contributed by atoms with Crippen molar-refractivity contribution in [2.24, 2.45) is 0 Å². The SMILES string of the molecule is CC(C)(C)SCCNS(=O)(=O)c1ccc(F)c(Cl)c1. The molecular formula is C12H17ClFNO2S2. The van der Waals surface area contributed by atoms with Gasteiger partial charge in [-0.3, -0.25) is 0 Å².